The Labute approximate surface area is 107 Å². The number of rotatable bonds is 11. The van der Waals surface area contributed by atoms with E-state index in [9.17, 15) is 0 Å². The fourth-order valence-corrected chi connectivity index (χ4v) is 2.49. The Kier molecular flexibility index (Phi) is 7.82. The Morgan fingerprint density at radius 1 is 1.29 bits per heavy atom. The smallest absolute Gasteiger partial charge is 0.0589 e. The van der Waals surface area contributed by atoms with Crippen LogP contribution in [0.1, 0.15) is 51.9 Å². The summed E-state index contributed by atoms with van der Waals surface area (Å²) < 4.78 is 5.21. The van der Waals surface area contributed by atoms with Gasteiger partial charge >= 0.3 is 0 Å². The SMILES string of the molecule is CCCCCCC(CN)N(CCOC)C1CC1. The molecule has 0 bridgehead atoms. The van der Waals surface area contributed by atoms with Crippen LogP contribution in [0.3, 0.4) is 0 Å². The van der Waals surface area contributed by atoms with E-state index < -0.39 is 0 Å². The molecule has 1 fully saturated rings. The Balaban J connectivity index is 2.27. The van der Waals surface area contributed by atoms with Crippen molar-refractivity contribution in [3.63, 3.8) is 0 Å². The highest BCUT2D eigenvalue weighted by Crippen LogP contribution is 2.29. The Bertz CT molecular complexity index is 183. The second kappa shape index (κ2) is 8.90. The average Bonchev–Trinajstić information content (AvgIpc) is 3.16. The molecular weight excluding hydrogens is 212 g/mol. The van der Waals surface area contributed by atoms with Crippen LogP contribution in [0.15, 0.2) is 0 Å². The van der Waals surface area contributed by atoms with Crippen molar-refractivity contribution >= 4 is 0 Å². The lowest BCUT2D eigenvalue weighted by Crippen LogP contribution is -2.43. The molecule has 2 N–H and O–H groups in total. The van der Waals surface area contributed by atoms with Crippen LogP contribution < -0.4 is 5.73 Å². The minimum atomic E-state index is 0.578. The molecule has 0 radical (unpaired) electrons. The average molecular weight is 242 g/mol. The van der Waals surface area contributed by atoms with Crippen molar-refractivity contribution in [2.24, 2.45) is 5.73 Å². The molecule has 102 valence electrons. The van der Waals surface area contributed by atoms with E-state index in [0.29, 0.717) is 6.04 Å². The van der Waals surface area contributed by atoms with Crippen LogP contribution in [0.2, 0.25) is 0 Å². The minimum Gasteiger partial charge on any atom is -0.383 e. The lowest BCUT2D eigenvalue weighted by Gasteiger charge is -2.31. The van der Waals surface area contributed by atoms with E-state index in [-0.39, 0.29) is 0 Å². The predicted molar refractivity (Wildman–Crippen MR) is 73.2 cm³/mol. The second-order valence-corrected chi connectivity index (χ2v) is 5.20. The first-order valence-electron chi connectivity index (χ1n) is 7.28. The van der Waals surface area contributed by atoms with Gasteiger partial charge in [-0.2, -0.15) is 0 Å². The molecule has 1 atom stereocenters. The molecule has 0 aromatic heterocycles. The molecule has 0 saturated heterocycles. The zero-order valence-electron chi connectivity index (χ0n) is 11.7. The van der Waals surface area contributed by atoms with Gasteiger partial charge in [0.25, 0.3) is 0 Å². The van der Waals surface area contributed by atoms with Gasteiger partial charge in [0.2, 0.25) is 0 Å². The molecule has 3 heteroatoms. The van der Waals surface area contributed by atoms with Crippen LogP contribution >= 0.6 is 0 Å². The molecule has 0 aromatic carbocycles. The summed E-state index contributed by atoms with van der Waals surface area (Å²) in [7, 11) is 1.78. The van der Waals surface area contributed by atoms with Crippen molar-refractivity contribution in [2.75, 3.05) is 26.8 Å². The van der Waals surface area contributed by atoms with E-state index >= 15 is 0 Å². The largest absolute Gasteiger partial charge is 0.383 e. The molecule has 0 aromatic rings. The first-order chi connectivity index (χ1) is 8.33. The van der Waals surface area contributed by atoms with Gasteiger partial charge in [-0.25, -0.2) is 0 Å². The quantitative estimate of drug-likeness (QED) is 0.565. The number of unbranched alkanes of at least 4 members (excludes halogenated alkanes) is 3. The van der Waals surface area contributed by atoms with Gasteiger partial charge in [-0.3, -0.25) is 4.90 Å². The third-order valence-corrected chi connectivity index (χ3v) is 3.70. The van der Waals surface area contributed by atoms with Crippen molar-refractivity contribution in [2.45, 2.75) is 64.0 Å². The van der Waals surface area contributed by atoms with Gasteiger partial charge in [-0.1, -0.05) is 32.6 Å². The molecule has 0 amide bonds. The highest BCUT2D eigenvalue weighted by atomic mass is 16.5. The van der Waals surface area contributed by atoms with Gasteiger partial charge in [0.15, 0.2) is 0 Å². The number of nitrogens with zero attached hydrogens (tertiary/aromatic N) is 1. The fraction of sp³-hybridized carbons (Fsp3) is 1.00. The zero-order valence-corrected chi connectivity index (χ0v) is 11.7. The van der Waals surface area contributed by atoms with Crippen LogP contribution in [-0.2, 0) is 4.74 Å². The first-order valence-corrected chi connectivity index (χ1v) is 7.28. The maximum absolute atomic E-state index is 5.94. The van der Waals surface area contributed by atoms with Crippen LogP contribution in [0.25, 0.3) is 0 Å². The second-order valence-electron chi connectivity index (χ2n) is 5.20. The highest BCUT2D eigenvalue weighted by Gasteiger charge is 2.32. The summed E-state index contributed by atoms with van der Waals surface area (Å²) >= 11 is 0. The van der Waals surface area contributed by atoms with Crippen molar-refractivity contribution in [1.82, 2.24) is 4.90 Å². The van der Waals surface area contributed by atoms with E-state index in [1.165, 1.54) is 44.9 Å². The van der Waals surface area contributed by atoms with Crippen LogP contribution in [0, 0.1) is 0 Å². The summed E-state index contributed by atoms with van der Waals surface area (Å²) in [6.07, 6.45) is 9.32. The predicted octanol–water partition coefficient (Wildman–Crippen LogP) is 2.39. The minimum absolute atomic E-state index is 0.578. The van der Waals surface area contributed by atoms with Gasteiger partial charge in [0.05, 0.1) is 6.61 Å². The fourth-order valence-electron chi connectivity index (χ4n) is 2.49. The number of nitrogens with two attached hydrogens (primary N) is 1. The Morgan fingerprint density at radius 3 is 2.59 bits per heavy atom. The summed E-state index contributed by atoms with van der Waals surface area (Å²) in [5.74, 6) is 0. The Morgan fingerprint density at radius 2 is 2.06 bits per heavy atom. The number of ether oxygens (including phenoxy) is 1. The number of methoxy groups -OCH3 is 1. The number of hydrogen-bond acceptors (Lipinski definition) is 3. The maximum atomic E-state index is 5.94. The highest BCUT2D eigenvalue weighted by molar-refractivity contribution is 4.89. The molecular formula is C14H30N2O. The van der Waals surface area contributed by atoms with E-state index in [2.05, 4.69) is 11.8 Å². The molecule has 1 saturated carbocycles. The summed E-state index contributed by atoms with van der Waals surface area (Å²) in [6.45, 7) is 4.95. The molecule has 17 heavy (non-hydrogen) atoms. The molecule has 1 aliphatic rings. The summed E-state index contributed by atoms with van der Waals surface area (Å²) in [6, 6.07) is 1.37. The maximum Gasteiger partial charge on any atom is 0.0589 e. The van der Waals surface area contributed by atoms with Crippen molar-refractivity contribution in [3.8, 4) is 0 Å². The topological polar surface area (TPSA) is 38.5 Å². The van der Waals surface area contributed by atoms with E-state index in [1.807, 2.05) is 0 Å². The normalized spacial score (nSPS) is 17.6. The summed E-state index contributed by atoms with van der Waals surface area (Å²) in [4.78, 5) is 2.59. The number of hydrogen-bond donors (Lipinski definition) is 1. The molecule has 1 rings (SSSR count). The van der Waals surface area contributed by atoms with Gasteiger partial charge in [-0.15, -0.1) is 0 Å². The summed E-state index contributed by atoms with van der Waals surface area (Å²) in [5, 5.41) is 0. The van der Waals surface area contributed by atoms with Gasteiger partial charge in [-0.05, 0) is 19.3 Å². The van der Waals surface area contributed by atoms with Crippen molar-refractivity contribution in [3.05, 3.63) is 0 Å². The third-order valence-electron chi connectivity index (χ3n) is 3.70. The van der Waals surface area contributed by atoms with E-state index in [0.717, 1.165) is 25.7 Å². The van der Waals surface area contributed by atoms with Crippen molar-refractivity contribution < 1.29 is 4.74 Å². The molecule has 1 unspecified atom stereocenters. The van der Waals surface area contributed by atoms with Crippen LogP contribution in [0.5, 0.6) is 0 Å². The van der Waals surface area contributed by atoms with Gasteiger partial charge < -0.3 is 10.5 Å². The zero-order chi connectivity index (χ0) is 12.5. The third kappa shape index (κ3) is 5.84. The molecule has 0 spiro atoms. The van der Waals surface area contributed by atoms with Gasteiger partial charge in [0.1, 0.15) is 0 Å². The standard InChI is InChI=1S/C14H30N2O/c1-3-4-5-6-7-14(12-15)16(10-11-17-2)13-8-9-13/h13-14H,3-12,15H2,1-2H3. The first kappa shape index (κ1) is 14.9. The van der Waals surface area contributed by atoms with E-state index in [4.69, 9.17) is 10.5 Å². The van der Waals surface area contributed by atoms with Crippen LogP contribution in [0.4, 0.5) is 0 Å². The molecule has 3 nitrogen and oxygen atoms in total. The molecule has 0 aliphatic heterocycles. The van der Waals surface area contributed by atoms with Crippen molar-refractivity contribution in [1.29, 1.82) is 0 Å². The van der Waals surface area contributed by atoms with Crippen LogP contribution in [-0.4, -0.2) is 43.8 Å². The van der Waals surface area contributed by atoms with Gasteiger partial charge in [0, 0.05) is 32.3 Å². The monoisotopic (exact) mass is 242 g/mol. The lowest BCUT2D eigenvalue weighted by molar-refractivity contribution is 0.111. The lowest BCUT2D eigenvalue weighted by atomic mass is 10.1. The van der Waals surface area contributed by atoms with E-state index in [1.54, 1.807) is 7.11 Å². The summed E-state index contributed by atoms with van der Waals surface area (Å²) in [5.41, 5.74) is 5.94. The molecule has 1 aliphatic carbocycles. The Hall–Kier alpha value is -0.120. The molecule has 0 heterocycles.